The van der Waals surface area contributed by atoms with Crippen molar-refractivity contribution in [2.45, 2.75) is 45.1 Å². The number of nitrogens with one attached hydrogen (secondary N) is 1. The lowest BCUT2D eigenvalue weighted by Crippen LogP contribution is -2.47. The van der Waals surface area contributed by atoms with E-state index in [1.807, 2.05) is 17.9 Å². The van der Waals surface area contributed by atoms with Crippen LogP contribution in [0.3, 0.4) is 0 Å². The summed E-state index contributed by atoms with van der Waals surface area (Å²) in [5, 5.41) is 6.80. The number of hydrogen-bond acceptors (Lipinski definition) is 3. The summed E-state index contributed by atoms with van der Waals surface area (Å²) in [6.45, 7) is 4.62. The van der Waals surface area contributed by atoms with Gasteiger partial charge in [0.05, 0.1) is 6.42 Å². The molecule has 0 radical (unpaired) electrons. The zero-order valence-electron chi connectivity index (χ0n) is 13.5. The molecule has 1 unspecified atom stereocenters. The van der Waals surface area contributed by atoms with Crippen molar-refractivity contribution in [2.24, 2.45) is 0 Å². The van der Waals surface area contributed by atoms with Crippen LogP contribution in [0.5, 0.6) is 0 Å². The Morgan fingerprint density at radius 2 is 2.30 bits per heavy atom. The standard InChI is InChI=1S/C17H21FN4O/c1-12-19-15(21-20-12)10-16(23)22-8-4-7-17(22,2)11-13-5-3-6-14(18)9-13/h3,5-6,9H,4,7-8,10-11H2,1-2H3,(H,19,20,21). The number of benzene rings is 1. The minimum Gasteiger partial charge on any atom is -0.337 e. The number of aryl methyl sites for hydroxylation is 1. The number of rotatable bonds is 4. The SMILES string of the molecule is Cc1nc(CC(=O)N2CCCC2(C)Cc2cccc(F)c2)n[nH]1. The zero-order chi connectivity index (χ0) is 16.4. The molecule has 1 saturated heterocycles. The highest BCUT2D eigenvalue weighted by atomic mass is 19.1. The van der Waals surface area contributed by atoms with Crippen molar-refractivity contribution < 1.29 is 9.18 Å². The topological polar surface area (TPSA) is 61.9 Å². The van der Waals surface area contributed by atoms with E-state index in [1.165, 1.54) is 6.07 Å². The Morgan fingerprint density at radius 1 is 1.48 bits per heavy atom. The van der Waals surface area contributed by atoms with Gasteiger partial charge in [-0.1, -0.05) is 12.1 Å². The van der Waals surface area contributed by atoms with Gasteiger partial charge in [-0.3, -0.25) is 9.89 Å². The van der Waals surface area contributed by atoms with Crippen LogP contribution in [0, 0.1) is 12.7 Å². The Bertz CT molecular complexity index is 714. The Kier molecular flexibility index (Phi) is 4.15. The van der Waals surface area contributed by atoms with Crippen LogP contribution < -0.4 is 0 Å². The van der Waals surface area contributed by atoms with Gasteiger partial charge in [-0.25, -0.2) is 9.37 Å². The summed E-state index contributed by atoms with van der Waals surface area (Å²) in [7, 11) is 0. The lowest BCUT2D eigenvalue weighted by Gasteiger charge is -2.35. The summed E-state index contributed by atoms with van der Waals surface area (Å²) < 4.78 is 13.4. The van der Waals surface area contributed by atoms with E-state index in [0.29, 0.717) is 18.1 Å². The Morgan fingerprint density at radius 3 is 3.00 bits per heavy atom. The van der Waals surface area contributed by atoms with Crippen LogP contribution in [-0.2, 0) is 17.6 Å². The quantitative estimate of drug-likeness (QED) is 0.942. The number of aromatic nitrogens is 3. The average molecular weight is 316 g/mol. The van der Waals surface area contributed by atoms with Gasteiger partial charge in [-0.05, 0) is 50.8 Å². The molecule has 1 aliphatic rings. The van der Waals surface area contributed by atoms with Gasteiger partial charge in [0.25, 0.3) is 0 Å². The van der Waals surface area contributed by atoms with Gasteiger partial charge < -0.3 is 4.90 Å². The number of nitrogens with zero attached hydrogens (tertiary/aromatic N) is 3. The first kappa shape index (κ1) is 15.6. The second kappa shape index (κ2) is 6.10. The molecule has 1 fully saturated rings. The summed E-state index contributed by atoms with van der Waals surface area (Å²) in [6, 6.07) is 6.61. The molecule has 23 heavy (non-hydrogen) atoms. The molecule has 5 nitrogen and oxygen atoms in total. The molecule has 1 aromatic heterocycles. The van der Waals surface area contributed by atoms with Crippen molar-refractivity contribution in [1.29, 1.82) is 0 Å². The number of likely N-dealkylation sites (tertiary alicyclic amines) is 1. The van der Waals surface area contributed by atoms with Crippen molar-refractivity contribution >= 4 is 5.91 Å². The third-order valence-corrected chi connectivity index (χ3v) is 4.48. The van der Waals surface area contributed by atoms with E-state index < -0.39 is 0 Å². The second-order valence-electron chi connectivity index (χ2n) is 6.47. The Labute approximate surface area is 134 Å². The summed E-state index contributed by atoms with van der Waals surface area (Å²) >= 11 is 0. The van der Waals surface area contributed by atoms with E-state index in [9.17, 15) is 9.18 Å². The molecule has 1 aliphatic heterocycles. The molecule has 0 bridgehead atoms. The lowest BCUT2D eigenvalue weighted by atomic mass is 9.90. The predicted octanol–water partition coefficient (Wildman–Crippen LogP) is 2.42. The number of hydrogen-bond donors (Lipinski definition) is 1. The average Bonchev–Trinajstić information content (AvgIpc) is 3.05. The minimum absolute atomic E-state index is 0.0282. The molecular weight excluding hydrogens is 295 g/mol. The molecule has 0 saturated carbocycles. The van der Waals surface area contributed by atoms with Crippen LogP contribution in [0.15, 0.2) is 24.3 Å². The van der Waals surface area contributed by atoms with Crippen LogP contribution >= 0.6 is 0 Å². The smallest absolute Gasteiger partial charge is 0.230 e. The van der Waals surface area contributed by atoms with E-state index >= 15 is 0 Å². The van der Waals surface area contributed by atoms with Crippen molar-refractivity contribution in [1.82, 2.24) is 20.1 Å². The van der Waals surface area contributed by atoms with Crippen molar-refractivity contribution in [3.8, 4) is 0 Å². The molecule has 3 rings (SSSR count). The molecule has 0 aliphatic carbocycles. The maximum absolute atomic E-state index is 13.4. The van der Waals surface area contributed by atoms with E-state index in [2.05, 4.69) is 22.1 Å². The molecule has 122 valence electrons. The largest absolute Gasteiger partial charge is 0.337 e. The van der Waals surface area contributed by atoms with E-state index in [-0.39, 0.29) is 23.7 Å². The molecule has 1 atom stereocenters. The second-order valence-corrected chi connectivity index (χ2v) is 6.47. The monoisotopic (exact) mass is 316 g/mol. The molecular formula is C17H21FN4O. The van der Waals surface area contributed by atoms with Crippen LogP contribution in [0.2, 0.25) is 0 Å². The number of H-pyrrole nitrogens is 1. The van der Waals surface area contributed by atoms with Gasteiger partial charge >= 0.3 is 0 Å². The zero-order valence-corrected chi connectivity index (χ0v) is 13.5. The molecule has 1 N–H and O–H groups in total. The van der Waals surface area contributed by atoms with E-state index in [1.54, 1.807) is 12.1 Å². The number of aromatic amines is 1. The molecule has 1 aromatic carbocycles. The molecule has 2 aromatic rings. The number of amides is 1. The van der Waals surface area contributed by atoms with Gasteiger partial charge in [0.15, 0.2) is 5.82 Å². The van der Waals surface area contributed by atoms with Gasteiger partial charge in [0.1, 0.15) is 11.6 Å². The normalized spacial score (nSPS) is 20.9. The maximum Gasteiger partial charge on any atom is 0.230 e. The third-order valence-electron chi connectivity index (χ3n) is 4.48. The third kappa shape index (κ3) is 3.41. The first-order valence-electron chi connectivity index (χ1n) is 7.89. The fourth-order valence-corrected chi connectivity index (χ4v) is 3.42. The van der Waals surface area contributed by atoms with Gasteiger partial charge in [-0.2, -0.15) is 5.10 Å². The van der Waals surface area contributed by atoms with Gasteiger partial charge in [0, 0.05) is 12.1 Å². The van der Waals surface area contributed by atoms with Crippen LogP contribution in [0.4, 0.5) is 4.39 Å². The number of carbonyl (C=O) groups excluding carboxylic acids is 1. The van der Waals surface area contributed by atoms with Gasteiger partial charge in [-0.15, -0.1) is 0 Å². The highest BCUT2D eigenvalue weighted by Gasteiger charge is 2.39. The highest BCUT2D eigenvalue weighted by molar-refractivity contribution is 5.79. The lowest BCUT2D eigenvalue weighted by molar-refractivity contribution is -0.134. The van der Waals surface area contributed by atoms with Crippen LogP contribution in [-0.4, -0.2) is 38.1 Å². The number of carbonyl (C=O) groups is 1. The maximum atomic E-state index is 13.4. The molecule has 2 heterocycles. The number of halogens is 1. The fraction of sp³-hybridized carbons (Fsp3) is 0.471. The molecule has 0 spiro atoms. The summed E-state index contributed by atoms with van der Waals surface area (Å²) in [4.78, 5) is 18.8. The van der Waals surface area contributed by atoms with Gasteiger partial charge in [0.2, 0.25) is 5.91 Å². The molecule has 6 heteroatoms. The highest BCUT2D eigenvalue weighted by Crippen LogP contribution is 2.33. The van der Waals surface area contributed by atoms with E-state index in [0.717, 1.165) is 24.9 Å². The van der Waals surface area contributed by atoms with Crippen molar-refractivity contribution in [2.75, 3.05) is 6.54 Å². The van der Waals surface area contributed by atoms with Crippen molar-refractivity contribution in [3.05, 3.63) is 47.3 Å². The molecule has 1 amide bonds. The fourth-order valence-electron chi connectivity index (χ4n) is 3.42. The van der Waals surface area contributed by atoms with E-state index in [4.69, 9.17) is 0 Å². The van der Waals surface area contributed by atoms with Crippen LogP contribution in [0.25, 0.3) is 0 Å². The predicted molar refractivity (Wildman–Crippen MR) is 84.3 cm³/mol. The summed E-state index contributed by atoms with van der Waals surface area (Å²) in [6.07, 6.45) is 2.74. The van der Waals surface area contributed by atoms with Crippen molar-refractivity contribution in [3.63, 3.8) is 0 Å². The minimum atomic E-state index is -0.282. The summed E-state index contributed by atoms with van der Waals surface area (Å²) in [5.41, 5.74) is 0.636. The Hall–Kier alpha value is -2.24. The summed E-state index contributed by atoms with van der Waals surface area (Å²) in [5.74, 6) is 1.02. The Balaban J connectivity index is 1.74. The first-order valence-corrected chi connectivity index (χ1v) is 7.89. The van der Waals surface area contributed by atoms with Crippen LogP contribution in [0.1, 0.15) is 37.0 Å². The first-order chi connectivity index (χ1) is 11.0.